The number of rotatable bonds is 3. The molecule has 0 atom stereocenters. The smallest absolute Gasteiger partial charge is 0.255 e. The van der Waals surface area contributed by atoms with Crippen LogP contribution in [0.1, 0.15) is 28.7 Å². The predicted octanol–water partition coefficient (Wildman–Crippen LogP) is 3.31. The number of anilines is 1. The SMILES string of the molecule is CCc1nc2ccc(C(=O)N3CCN(c4ccccc4F)CC3)cn2c1C. The summed E-state index contributed by atoms with van der Waals surface area (Å²) in [5.41, 5.74) is 4.26. The van der Waals surface area contributed by atoms with Gasteiger partial charge in [-0.3, -0.25) is 4.79 Å². The van der Waals surface area contributed by atoms with Crippen LogP contribution in [0, 0.1) is 12.7 Å². The number of fused-ring (bicyclic) bond motifs is 1. The zero-order valence-electron chi connectivity index (χ0n) is 15.7. The molecule has 1 aliphatic rings. The number of para-hydroxylation sites is 1. The summed E-state index contributed by atoms with van der Waals surface area (Å²) < 4.78 is 16.0. The van der Waals surface area contributed by atoms with Gasteiger partial charge >= 0.3 is 0 Å². The Morgan fingerprint density at radius 3 is 2.56 bits per heavy atom. The molecule has 5 nitrogen and oxygen atoms in total. The van der Waals surface area contributed by atoms with E-state index in [0.717, 1.165) is 23.5 Å². The number of amides is 1. The molecule has 0 saturated carbocycles. The van der Waals surface area contributed by atoms with Gasteiger partial charge in [0.05, 0.1) is 16.9 Å². The number of carbonyl (C=O) groups is 1. The molecule has 0 aliphatic carbocycles. The molecule has 1 amide bonds. The quantitative estimate of drug-likeness (QED) is 0.714. The van der Waals surface area contributed by atoms with Gasteiger partial charge in [0.2, 0.25) is 0 Å². The average Bonchev–Trinajstić information content (AvgIpc) is 3.03. The average molecular weight is 366 g/mol. The van der Waals surface area contributed by atoms with E-state index >= 15 is 0 Å². The van der Waals surface area contributed by atoms with Gasteiger partial charge in [-0.15, -0.1) is 0 Å². The molecule has 27 heavy (non-hydrogen) atoms. The van der Waals surface area contributed by atoms with E-state index in [1.807, 2.05) is 45.5 Å². The van der Waals surface area contributed by atoms with Gasteiger partial charge in [0.25, 0.3) is 5.91 Å². The van der Waals surface area contributed by atoms with Crippen molar-refractivity contribution in [3.05, 3.63) is 65.4 Å². The first-order valence-electron chi connectivity index (χ1n) is 9.35. The van der Waals surface area contributed by atoms with Gasteiger partial charge in [-0.2, -0.15) is 0 Å². The van der Waals surface area contributed by atoms with Crippen molar-refractivity contribution in [2.24, 2.45) is 0 Å². The molecule has 1 aromatic carbocycles. The van der Waals surface area contributed by atoms with E-state index in [-0.39, 0.29) is 11.7 Å². The fraction of sp³-hybridized carbons (Fsp3) is 0.333. The Balaban J connectivity index is 1.50. The number of piperazine rings is 1. The number of benzene rings is 1. The van der Waals surface area contributed by atoms with E-state index in [4.69, 9.17) is 0 Å². The second kappa shape index (κ2) is 7.02. The van der Waals surface area contributed by atoms with E-state index in [0.29, 0.717) is 37.4 Å². The van der Waals surface area contributed by atoms with Gasteiger partial charge in [0.1, 0.15) is 11.5 Å². The van der Waals surface area contributed by atoms with E-state index < -0.39 is 0 Å². The maximum atomic E-state index is 14.0. The molecular weight excluding hydrogens is 343 g/mol. The Hall–Kier alpha value is -2.89. The number of imidazole rings is 1. The Labute approximate surface area is 158 Å². The van der Waals surface area contributed by atoms with Crippen molar-refractivity contribution >= 4 is 17.2 Å². The first-order chi connectivity index (χ1) is 13.1. The second-order valence-electron chi connectivity index (χ2n) is 6.87. The fourth-order valence-corrected chi connectivity index (χ4v) is 3.71. The standard InChI is InChI=1S/C21H23FN4O/c1-3-18-15(2)26-14-16(8-9-20(26)23-18)21(27)25-12-10-24(11-13-25)19-7-5-4-6-17(19)22/h4-9,14H,3,10-13H2,1-2H3. The largest absolute Gasteiger partial charge is 0.366 e. The molecule has 1 saturated heterocycles. The number of halogens is 1. The molecule has 6 heteroatoms. The third-order valence-corrected chi connectivity index (χ3v) is 5.30. The molecule has 3 aromatic rings. The molecule has 0 N–H and O–H groups in total. The first kappa shape index (κ1) is 17.5. The molecule has 0 radical (unpaired) electrons. The predicted molar refractivity (Wildman–Crippen MR) is 104 cm³/mol. The van der Waals surface area contributed by atoms with Crippen molar-refractivity contribution in [1.82, 2.24) is 14.3 Å². The highest BCUT2D eigenvalue weighted by molar-refractivity contribution is 5.94. The number of hydrogen-bond acceptors (Lipinski definition) is 3. The Kier molecular flexibility index (Phi) is 4.56. The topological polar surface area (TPSA) is 40.9 Å². The van der Waals surface area contributed by atoms with Crippen LogP contribution in [0.25, 0.3) is 5.65 Å². The molecule has 1 aliphatic heterocycles. The van der Waals surface area contributed by atoms with Crippen molar-refractivity contribution in [2.75, 3.05) is 31.1 Å². The molecule has 1 fully saturated rings. The van der Waals surface area contributed by atoms with Crippen LogP contribution in [0.5, 0.6) is 0 Å². The van der Waals surface area contributed by atoms with E-state index in [1.165, 1.54) is 6.07 Å². The summed E-state index contributed by atoms with van der Waals surface area (Å²) in [4.78, 5) is 21.4. The summed E-state index contributed by atoms with van der Waals surface area (Å²) in [6.07, 6.45) is 2.75. The lowest BCUT2D eigenvalue weighted by Crippen LogP contribution is -2.49. The highest BCUT2D eigenvalue weighted by Crippen LogP contribution is 2.21. The monoisotopic (exact) mass is 366 g/mol. The van der Waals surface area contributed by atoms with E-state index in [9.17, 15) is 9.18 Å². The minimum atomic E-state index is -0.218. The zero-order valence-corrected chi connectivity index (χ0v) is 15.7. The van der Waals surface area contributed by atoms with Gasteiger partial charge in [0.15, 0.2) is 0 Å². The molecule has 0 bridgehead atoms. The number of nitrogens with zero attached hydrogens (tertiary/aromatic N) is 4. The van der Waals surface area contributed by atoms with Crippen molar-refractivity contribution in [3.8, 4) is 0 Å². The molecule has 0 unspecified atom stereocenters. The third-order valence-electron chi connectivity index (χ3n) is 5.30. The number of carbonyl (C=O) groups excluding carboxylic acids is 1. The van der Waals surface area contributed by atoms with Crippen LogP contribution in [-0.4, -0.2) is 46.4 Å². The Morgan fingerprint density at radius 2 is 1.85 bits per heavy atom. The Bertz CT molecular complexity index is 989. The molecule has 4 rings (SSSR count). The van der Waals surface area contributed by atoms with Crippen LogP contribution in [0.3, 0.4) is 0 Å². The molecule has 3 heterocycles. The van der Waals surface area contributed by atoms with Gasteiger partial charge < -0.3 is 14.2 Å². The highest BCUT2D eigenvalue weighted by Gasteiger charge is 2.24. The summed E-state index contributed by atoms with van der Waals surface area (Å²) in [6.45, 7) is 6.51. The molecule has 2 aromatic heterocycles. The number of aryl methyl sites for hydroxylation is 2. The van der Waals surface area contributed by atoms with E-state index in [2.05, 4.69) is 11.9 Å². The number of aromatic nitrogens is 2. The normalized spacial score (nSPS) is 14.8. The number of pyridine rings is 1. The number of hydrogen-bond donors (Lipinski definition) is 0. The highest BCUT2D eigenvalue weighted by atomic mass is 19.1. The minimum absolute atomic E-state index is 0.0104. The van der Waals surface area contributed by atoms with Crippen LogP contribution in [0.4, 0.5) is 10.1 Å². The van der Waals surface area contributed by atoms with Crippen molar-refractivity contribution in [3.63, 3.8) is 0 Å². The first-order valence-corrected chi connectivity index (χ1v) is 9.35. The van der Waals surface area contributed by atoms with Crippen molar-refractivity contribution in [2.45, 2.75) is 20.3 Å². The van der Waals surface area contributed by atoms with Gasteiger partial charge in [0, 0.05) is 38.1 Å². The second-order valence-corrected chi connectivity index (χ2v) is 6.87. The lowest BCUT2D eigenvalue weighted by Gasteiger charge is -2.36. The Morgan fingerprint density at radius 1 is 1.11 bits per heavy atom. The van der Waals surface area contributed by atoms with E-state index in [1.54, 1.807) is 12.1 Å². The lowest BCUT2D eigenvalue weighted by atomic mass is 10.2. The molecule has 140 valence electrons. The summed E-state index contributed by atoms with van der Waals surface area (Å²) in [5, 5.41) is 0. The maximum absolute atomic E-state index is 14.0. The maximum Gasteiger partial charge on any atom is 0.255 e. The van der Waals surface area contributed by atoms with Crippen molar-refractivity contribution in [1.29, 1.82) is 0 Å². The van der Waals surface area contributed by atoms with Crippen LogP contribution in [0.2, 0.25) is 0 Å². The fourth-order valence-electron chi connectivity index (χ4n) is 3.71. The van der Waals surface area contributed by atoms with Gasteiger partial charge in [-0.05, 0) is 37.6 Å². The van der Waals surface area contributed by atoms with Gasteiger partial charge in [-0.25, -0.2) is 9.37 Å². The molecule has 0 spiro atoms. The summed E-state index contributed by atoms with van der Waals surface area (Å²) in [6, 6.07) is 10.5. The summed E-state index contributed by atoms with van der Waals surface area (Å²) in [7, 11) is 0. The lowest BCUT2D eigenvalue weighted by molar-refractivity contribution is 0.0746. The molecular formula is C21H23FN4O. The van der Waals surface area contributed by atoms with Crippen LogP contribution in [0.15, 0.2) is 42.6 Å². The van der Waals surface area contributed by atoms with Crippen LogP contribution >= 0.6 is 0 Å². The minimum Gasteiger partial charge on any atom is -0.366 e. The van der Waals surface area contributed by atoms with Gasteiger partial charge in [-0.1, -0.05) is 19.1 Å². The summed E-state index contributed by atoms with van der Waals surface area (Å²) >= 11 is 0. The summed E-state index contributed by atoms with van der Waals surface area (Å²) in [5.74, 6) is -0.207. The zero-order chi connectivity index (χ0) is 19.0. The third kappa shape index (κ3) is 3.16. The van der Waals surface area contributed by atoms with Crippen LogP contribution in [-0.2, 0) is 6.42 Å². The van der Waals surface area contributed by atoms with Crippen LogP contribution < -0.4 is 4.90 Å². The van der Waals surface area contributed by atoms with Crippen molar-refractivity contribution < 1.29 is 9.18 Å².